The van der Waals surface area contributed by atoms with E-state index in [0.29, 0.717) is 5.56 Å². The van der Waals surface area contributed by atoms with Gasteiger partial charge in [0, 0.05) is 5.56 Å². The molecule has 1 rings (SSSR count). The highest BCUT2D eigenvalue weighted by molar-refractivity contribution is 5.93. The van der Waals surface area contributed by atoms with Crippen molar-refractivity contribution in [3.8, 4) is 0 Å². The predicted octanol–water partition coefficient (Wildman–Crippen LogP) is 1.88. The van der Waals surface area contributed by atoms with Crippen molar-refractivity contribution in [1.29, 1.82) is 0 Å². The molecule has 0 bridgehead atoms. The number of hydrogen-bond donors (Lipinski definition) is 2. The number of hydrogen-bond acceptors (Lipinski definition) is 2. The van der Waals surface area contributed by atoms with Gasteiger partial charge in [-0.25, -0.2) is 5.84 Å². The van der Waals surface area contributed by atoms with Crippen LogP contribution in [0.4, 0.5) is 0 Å². The maximum Gasteiger partial charge on any atom is 0.265 e. The van der Waals surface area contributed by atoms with Crippen LogP contribution in [-0.2, 0) is 6.42 Å². The molecule has 0 aliphatic carbocycles. The minimum Gasteiger partial charge on any atom is -0.290 e. The van der Waals surface area contributed by atoms with Crippen LogP contribution in [0.1, 0.15) is 36.7 Å². The third kappa shape index (κ3) is 3.58. The lowest BCUT2D eigenvalue weighted by molar-refractivity contribution is 0.0953. The largest absolute Gasteiger partial charge is 0.290 e. The average Bonchev–Trinajstić information content (AvgIpc) is 2.30. The van der Waals surface area contributed by atoms with Crippen molar-refractivity contribution in [3.05, 3.63) is 35.4 Å². The van der Waals surface area contributed by atoms with E-state index >= 15 is 0 Å². The zero-order valence-corrected chi connectivity index (χ0v) is 9.00. The topological polar surface area (TPSA) is 55.1 Å². The van der Waals surface area contributed by atoms with Gasteiger partial charge in [-0.2, -0.15) is 0 Å². The van der Waals surface area contributed by atoms with Gasteiger partial charge in [0.1, 0.15) is 0 Å². The summed E-state index contributed by atoms with van der Waals surface area (Å²) in [6.07, 6.45) is 0.922. The smallest absolute Gasteiger partial charge is 0.265 e. The molecule has 0 atom stereocenters. The molecule has 0 heterocycles. The molecule has 1 aromatic rings. The van der Waals surface area contributed by atoms with E-state index in [1.807, 2.05) is 39.0 Å². The van der Waals surface area contributed by atoms with E-state index in [2.05, 4.69) is 5.43 Å². The second-order valence-corrected chi connectivity index (χ2v) is 2.53. The van der Waals surface area contributed by atoms with Gasteiger partial charge >= 0.3 is 0 Å². The van der Waals surface area contributed by atoms with Gasteiger partial charge in [-0.05, 0) is 24.1 Å². The van der Waals surface area contributed by atoms with Crippen LogP contribution in [0.3, 0.4) is 0 Å². The minimum absolute atomic E-state index is 0.245. The van der Waals surface area contributed by atoms with E-state index in [9.17, 15) is 4.79 Å². The number of nitrogens with one attached hydrogen (secondary N) is 1. The second kappa shape index (κ2) is 7.09. The normalized spacial score (nSPS) is 8.57. The van der Waals surface area contributed by atoms with Crippen LogP contribution in [-0.4, -0.2) is 5.91 Å². The Morgan fingerprint density at radius 1 is 1.43 bits per heavy atom. The number of nitrogens with two attached hydrogens (primary N) is 1. The molecule has 1 aromatic carbocycles. The number of benzene rings is 1. The first-order valence-electron chi connectivity index (χ1n) is 4.87. The zero-order chi connectivity index (χ0) is 11.0. The summed E-state index contributed by atoms with van der Waals surface area (Å²) >= 11 is 0. The Morgan fingerprint density at radius 3 is 2.57 bits per heavy atom. The Bertz CT molecular complexity index is 284. The molecule has 78 valence electrons. The van der Waals surface area contributed by atoms with E-state index in [1.54, 1.807) is 6.07 Å². The maximum atomic E-state index is 11.0. The summed E-state index contributed by atoms with van der Waals surface area (Å²) in [4.78, 5) is 11.0. The van der Waals surface area contributed by atoms with Crippen LogP contribution >= 0.6 is 0 Å². The first-order chi connectivity index (χ1) is 6.77. The highest BCUT2D eigenvalue weighted by Crippen LogP contribution is 2.04. The van der Waals surface area contributed by atoms with Crippen LogP contribution in [0.15, 0.2) is 24.3 Å². The highest BCUT2D eigenvalue weighted by Gasteiger charge is 2.01. The lowest BCUT2D eigenvalue weighted by Crippen LogP contribution is -2.29. The number of hydrazine groups is 1. The van der Waals surface area contributed by atoms with E-state index in [0.717, 1.165) is 12.0 Å². The Labute approximate surface area is 85.3 Å². The van der Waals surface area contributed by atoms with Crippen molar-refractivity contribution < 1.29 is 4.79 Å². The lowest BCUT2D eigenvalue weighted by Gasteiger charge is -2.01. The van der Waals surface area contributed by atoms with Gasteiger partial charge in [0.15, 0.2) is 0 Å². The van der Waals surface area contributed by atoms with Gasteiger partial charge < -0.3 is 0 Å². The monoisotopic (exact) mass is 194 g/mol. The summed E-state index contributed by atoms with van der Waals surface area (Å²) in [5.74, 6) is 4.75. The predicted molar refractivity (Wildman–Crippen MR) is 58.8 cm³/mol. The minimum atomic E-state index is -0.245. The van der Waals surface area contributed by atoms with Gasteiger partial charge in [-0.3, -0.25) is 10.2 Å². The van der Waals surface area contributed by atoms with E-state index in [-0.39, 0.29) is 5.91 Å². The van der Waals surface area contributed by atoms with Crippen LogP contribution in [0.5, 0.6) is 0 Å². The number of carbonyl (C=O) groups is 1. The molecule has 0 radical (unpaired) electrons. The Morgan fingerprint density at radius 2 is 2.07 bits per heavy atom. The van der Waals surface area contributed by atoms with E-state index < -0.39 is 0 Å². The van der Waals surface area contributed by atoms with Gasteiger partial charge in [0.05, 0.1) is 0 Å². The highest BCUT2D eigenvalue weighted by atomic mass is 16.2. The number of amides is 1. The molecule has 3 N–H and O–H groups in total. The molecule has 0 spiro atoms. The molecule has 1 amide bonds. The molecular formula is C11H18N2O. The van der Waals surface area contributed by atoms with Crippen molar-refractivity contribution in [1.82, 2.24) is 5.43 Å². The Hall–Kier alpha value is -1.35. The van der Waals surface area contributed by atoms with Crippen molar-refractivity contribution >= 4 is 5.91 Å². The van der Waals surface area contributed by atoms with Crippen LogP contribution in [0.2, 0.25) is 0 Å². The van der Waals surface area contributed by atoms with Crippen molar-refractivity contribution in [2.75, 3.05) is 0 Å². The lowest BCUT2D eigenvalue weighted by atomic mass is 10.1. The molecule has 0 saturated heterocycles. The molecule has 0 fully saturated rings. The van der Waals surface area contributed by atoms with E-state index in [1.165, 1.54) is 0 Å². The third-order valence-electron chi connectivity index (χ3n) is 1.73. The summed E-state index contributed by atoms with van der Waals surface area (Å²) in [7, 11) is 0. The van der Waals surface area contributed by atoms with Crippen LogP contribution in [0, 0.1) is 0 Å². The van der Waals surface area contributed by atoms with Gasteiger partial charge in [0.2, 0.25) is 0 Å². The fourth-order valence-corrected chi connectivity index (χ4v) is 1.02. The van der Waals surface area contributed by atoms with Crippen molar-refractivity contribution in [3.63, 3.8) is 0 Å². The van der Waals surface area contributed by atoms with Crippen LogP contribution < -0.4 is 11.3 Å². The standard InChI is InChI=1S/C9H12N2O.C2H6/c1-2-7-4-3-5-8(6-7)9(12)11-10;1-2/h3-6H,2,10H2,1H3,(H,11,12);1-2H3. The molecule has 3 nitrogen and oxygen atoms in total. The SMILES string of the molecule is CC.CCc1cccc(C(=O)NN)c1. The van der Waals surface area contributed by atoms with Gasteiger partial charge in [0.25, 0.3) is 5.91 Å². The molecule has 0 unspecified atom stereocenters. The molecule has 14 heavy (non-hydrogen) atoms. The molecule has 3 heteroatoms. The molecule has 0 aliphatic rings. The average molecular weight is 194 g/mol. The summed E-state index contributed by atoms with van der Waals surface area (Å²) in [5, 5.41) is 0. The second-order valence-electron chi connectivity index (χ2n) is 2.53. The maximum absolute atomic E-state index is 11.0. The molecule has 0 aromatic heterocycles. The number of nitrogen functional groups attached to an aromatic ring is 1. The summed E-state index contributed by atoms with van der Waals surface area (Å²) in [6, 6.07) is 7.40. The Balaban J connectivity index is 0.000000791. The fraction of sp³-hybridized carbons (Fsp3) is 0.364. The number of aryl methyl sites for hydroxylation is 1. The summed E-state index contributed by atoms with van der Waals surface area (Å²) in [6.45, 7) is 6.04. The third-order valence-corrected chi connectivity index (χ3v) is 1.73. The van der Waals surface area contributed by atoms with E-state index in [4.69, 9.17) is 5.84 Å². The van der Waals surface area contributed by atoms with Gasteiger partial charge in [-0.15, -0.1) is 0 Å². The fourth-order valence-electron chi connectivity index (χ4n) is 1.02. The first kappa shape index (κ1) is 12.7. The number of carbonyl (C=O) groups excluding carboxylic acids is 1. The van der Waals surface area contributed by atoms with Crippen LogP contribution in [0.25, 0.3) is 0 Å². The van der Waals surface area contributed by atoms with Gasteiger partial charge in [-0.1, -0.05) is 32.9 Å². The molecule has 0 aliphatic heterocycles. The Kier molecular flexibility index (Phi) is 6.41. The zero-order valence-electron chi connectivity index (χ0n) is 9.00. The van der Waals surface area contributed by atoms with Crippen molar-refractivity contribution in [2.24, 2.45) is 5.84 Å². The summed E-state index contributed by atoms with van der Waals surface area (Å²) < 4.78 is 0. The van der Waals surface area contributed by atoms with Crippen molar-refractivity contribution in [2.45, 2.75) is 27.2 Å². The molecule has 0 saturated carbocycles. The molecular weight excluding hydrogens is 176 g/mol. The first-order valence-corrected chi connectivity index (χ1v) is 4.87. The number of rotatable bonds is 2. The quantitative estimate of drug-likeness (QED) is 0.429. The summed E-state index contributed by atoms with van der Waals surface area (Å²) in [5.41, 5.74) is 3.84.